The predicted molar refractivity (Wildman–Crippen MR) is 143 cm³/mol. The first-order valence-electron chi connectivity index (χ1n) is 13.8. The van der Waals surface area contributed by atoms with Crippen molar-refractivity contribution in [3.63, 3.8) is 0 Å². The van der Waals surface area contributed by atoms with Gasteiger partial charge in [-0.05, 0) is 31.0 Å². The van der Waals surface area contributed by atoms with E-state index in [0.717, 1.165) is 26.2 Å². The lowest BCUT2D eigenvalue weighted by molar-refractivity contribution is 0.301. The number of nitrogens with zero attached hydrogens (tertiary/aromatic N) is 1. The molecule has 0 saturated carbocycles. The van der Waals surface area contributed by atoms with Crippen molar-refractivity contribution in [2.75, 3.05) is 32.7 Å². The molecule has 0 aliphatic rings. The molecule has 2 nitrogen and oxygen atoms in total. The van der Waals surface area contributed by atoms with Crippen LogP contribution >= 0.6 is 11.3 Å². The molecule has 0 bridgehead atoms. The summed E-state index contributed by atoms with van der Waals surface area (Å²) in [6.07, 6.45) is 21.5. The molecule has 182 valence electrons. The molecule has 1 unspecified atom stereocenters. The first-order chi connectivity index (χ1) is 15.3. The quantitative estimate of drug-likeness (QED) is 0.168. The predicted octanol–water partition coefficient (Wildman–Crippen LogP) is 8.63. The Hall–Kier alpha value is -0.380. The van der Waals surface area contributed by atoms with E-state index in [4.69, 9.17) is 0 Å². The van der Waals surface area contributed by atoms with Crippen LogP contribution < -0.4 is 5.32 Å². The minimum atomic E-state index is 0.703. The Kier molecular flexibility index (Phi) is 19.8. The summed E-state index contributed by atoms with van der Waals surface area (Å²) in [5, 5.41) is 5.98. The Morgan fingerprint density at radius 2 is 1.32 bits per heavy atom. The summed E-state index contributed by atoms with van der Waals surface area (Å²) in [5.74, 6) is 0.703. The lowest BCUT2D eigenvalue weighted by atomic mass is 9.98. The maximum atomic E-state index is 3.74. The third-order valence-electron chi connectivity index (χ3n) is 6.74. The van der Waals surface area contributed by atoms with Gasteiger partial charge in [-0.15, -0.1) is 11.3 Å². The van der Waals surface area contributed by atoms with Gasteiger partial charge in [-0.3, -0.25) is 0 Å². The van der Waals surface area contributed by atoms with Crippen LogP contribution in [0.5, 0.6) is 0 Å². The average Bonchev–Trinajstić information content (AvgIpc) is 3.32. The zero-order chi connectivity index (χ0) is 22.4. The van der Waals surface area contributed by atoms with Crippen LogP contribution in [0.2, 0.25) is 0 Å². The molecule has 3 heteroatoms. The first-order valence-corrected chi connectivity index (χ1v) is 14.7. The molecule has 0 amide bonds. The third-order valence-corrected chi connectivity index (χ3v) is 7.78. The Morgan fingerprint density at radius 3 is 1.81 bits per heavy atom. The van der Waals surface area contributed by atoms with Gasteiger partial charge in [0.25, 0.3) is 0 Å². The van der Waals surface area contributed by atoms with Gasteiger partial charge in [0.1, 0.15) is 0 Å². The van der Waals surface area contributed by atoms with Gasteiger partial charge in [-0.2, -0.15) is 0 Å². The lowest BCUT2D eigenvalue weighted by Crippen LogP contribution is -2.33. The van der Waals surface area contributed by atoms with Crippen LogP contribution in [0.1, 0.15) is 128 Å². The topological polar surface area (TPSA) is 15.3 Å². The summed E-state index contributed by atoms with van der Waals surface area (Å²) in [7, 11) is 0. The SMILES string of the molecule is CCCCCCCCCCCCCCCCC(CNCCN(CC)CC)c1cccs1. The van der Waals surface area contributed by atoms with E-state index in [1.54, 1.807) is 4.88 Å². The lowest BCUT2D eigenvalue weighted by Gasteiger charge is -2.20. The van der Waals surface area contributed by atoms with Gasteiger partial charge in [-0.25, -0.2) is 0 Å². The molecule has 1 atom stereocenters. The highest BCUT2D eigenvalue weighted by atomic mass is 32.1. The third kappa shape index (κ3) is 16.0. The van der Waals surface area contributed by atoms with E-state index in [1.807, 2.05) is 11.3 Å². The Balaban J connectivity index is 2.01. The normalized spacial score (nSPS) is 12.6. The summed E-state index contributed by atoms with van der Waals surface area (Å²) in [6.45, 7) is 12.6. The number of likely N-dealkylation sites (N-methyl/N-ethyl adjacent to an activating group) is 1. The fourth-order valence-corrected chi connectivity index (χ4v) is 5.37. The molecule has 0 aliphatic carbocycles. The van der Waals surface area contributed by atoms with E-state index >= 15 is 0 Å². The molecule has 0 aliphatic heterocycles. The van der Waals surface area contributed by atoms with Crippen LogP contribution in [0.4, 0.5) is 0 Å². The Bertz CT molecular complexity index is 456. The molecule has 1 N–H and O–H groups in total. The van der Waals surface area contributed by atoms with Gasteiger partial charge in [-0.1, -0.05) is 117 Å². The van der Waals surface area contributed by atoms with E-state index in [-0.39, 0.29) is 0 Å². The smallest absolute Gasteiger partial charge is 0.0107 e. The average molecular weight is 451 g/mol. The highest BCUT2D eigenvalue weighted by molar-refractivity contribution is 7.10. The molecular weight excluding hydrogens is 396 g/mol. The molecule has 0 saturated heterocycles. The maximum Gasteiger partial charge on any atom is 0.0107 e. The zero-order valence-electron chi connectivity index (χ0n) is 21.3. The van der Waals surface area contributed by atoms with Gasteiger partial charge in [0, 0.05) is 30.4 Å². The fraction of sp³-hybridized carbons (Fsp3) is 0.857. The van der Waals surface area contributed by atoms with Crippen molar-refractivity contribution in [1.82, 2.24) is 10.2 Å². The van der Waals surface area contributed by atoms with E-state index in [2.05, 4.69) is 48.5 Å². The van der Waals surface area contributed by atoms with Crippen LogP contribution in [-0.4, -0.2) is 37.6 Å². The van der Waals surface area contributed by atoms with Crippen molar-refractivity contribution in [1.29, 1.82) is 0 Å². The van der Waals surface area contributed by atoms with Crippen LogP contribution in [0.15, 0.2) is 17.5 Å². The summed E-state index contributed by atoms with van der Waals surface area (Å²) in [4.78, 5) is 4.07. The van der Waals surface area contributed by atoms with Gasteiger partial charge in [0.05, 0.1) is 0 Å². The fourth-order valence-electron chi connectivity index (χ4n) is 4.51. The highest BCUT2D eigenvalue weighted by Crippen LogP contribution is 2.26. The highest BCUT2D eigenvalue weighted by Gasteiger charge is 2.12. The van der Waals surface area contributed by atoms with Crippen LogP contribution in [-0.2, 0) is 0 Å². The minimum absolute atomic E-state index is 0.703. The second kappa shape index (κ2) is 21.5. The van der Waals surface area contributed by atoms with E-state index < -0.39 is 0 Å². The summed E-state index contributed by atoms with van der Waals surface area (Å²) in [5.41, 5.74) is 0. The number of hydrogen-bond acceptors (Lipinski definition) is 3. The van der Waals surface area contributed by atoms with E-state index in [0.29, 0.717) is 5.92 Å². The Labute approximate surface area is 199 Å². The van der Waals surface area contributed by atoms with Gasteiger partial charge in [0.15, 0.2) is 0 Å². The number of rotatable bonds is 23. The molecule has 0 radical (unpaired) electrons. The Morgan fingerprint density at radius 1 is 0.774 bits per heavy atom. The van der Waals surface area contributed by atoms with Crippen LogP contribution in [0, 0.1) is 0 Å². The molecule has 0 fully saturated rings. The van der Waals surface area contributed by atoms with E-state index in [1.165, 1.54) is 103 Å². The van der Waals surface area contributed by atoms with Crippen molar-refractivity contribution >= 4 is 11.3 Å². The van der Waals surface area contributed by atoms with Gasteiger partial charge in [0.2, 0.25) is 0 Å². The minimum Gasteiger partial charge on any atom is -0.315 e. The van der Waals surface area contributed by atoms with Crippen molar-refractivity contribution in [2.24, 2.45) is 0 Å². The molecule has 0 aromatic carbocycles. The molecule has 1 aromatic heterocycles. The largest absolute Gasteiger partial charge is 0.315 e. The molecule has 1 heterocycles. The summed E-state index contributed by atoms with van der Waals surface area (Å²) >= 11 is 1.94. The van der Waals surface area contributed by atoms with Crippen molar-refractivity contribution in [2.45, 2.75) is 123 Å². The second-order valence-electron chi connectivity index (χ2n) is 9.33. The molecule has 1 rings (SSSR count). The number of nitrogens with one attached hydrogen (secondary N) is 1. The van der Waals surface area contributed by atoms with Crippen LogP contribution in [0.25, 0.3) is 0 Å². The van der Waals surface area contributed by atoms with Crippen LogP contribution in [0.3, 0.4) is 0 Å². The zero-order valence-corrected chi connectivity index (χ0v) is 22.1. The van der Waals surface area contributed by atoms with E-state index in [9.17, 15) is 0 Å². The standard InChI is InChI=1S/C28H54N2S/c1-4-7-8-9-10-11-12-13-14-15-16-17-18-19-21-27(28-22-20-25-31-28)26-29-23-24-30(5-2)6-3/h20,22,25,27,29H,4-19,21,23-24,26H2,1-3H3. The molecular formula is C28H54N2S. The summed E-state index contributed by atoms with van der Waals surface area (Å²) < 4.78 is 0. The molecule has 31 heavy (non-hydrogen) atoms. The van der Waals surface area contributed by atoms with Crippen molar-refractivity contribution in [3.8, 4) is 0 Å². The summed E-state index contributed by atoms with van der Waals surface area (Å²) in [6, 6.07) is 4.55. The van der Waals surface area contributed by atoms with Gasteiger partial charge >= 0.3 is 0 Å². The number of unbranched alkanes of at least 4 members (excludes halogenated alkanes) is 13. The van der Waals surface area contributed by atoms with Crippen molar-refractivity contribution < 1.29 is 0 Å². The number of thiophene rings is 1. The van der Waals surface area contributed by atoms with Crippen molar-refractivity contribution in [3.05, 3.63) is 22.4 Å². The molecule has 0 spiro atoms. The molecule has 1 aromatic rings. The van der Waals surface area contributed by atoms with Gasteiger partial charge < -0.3 is 10.2 Å². The first kappa shape index (κ1) is 28.7. The maximum absolute atomic E-state index is 3.74. The second-order valence-corrected chi connectivity index (χ2v) is 10.3. The monoisotopic (exact) mass is 450 g/mol. The number of hydrogen-bond donors (Lipinski definition) is 1.